The van der Waals surface area contributed by atoms with Crippen LogP contribution in [0.3, 0.4) is 0 Å². The van der Waals surface area contributed by atoms with E-state index in [1.165, 1.54) is 0 Å². The Hall–Kier alpha value is -0.535. The van der Waals surface area contributed by atoms with Crippen molar-refractivity contribution < 1.29 is 0 Å². The first kappa shape index (κ1) is 15.0. The summed E-state index contributed by atoms with van der Waals surface area (Å²) < 4.78 is 0. The molecule has 7 heteroatoms. The summed E-state index contributed by atoms with van der Waals surface area (Å²) in [7, 11) is 10.0. The molecule has 0 aromatic heterocycles. The van der Waals surface area contributed by atoms with Gasteiger partial charge in [-0.25, -0.2) is 0 Å². The summed E-state index contributed by atoms with van der Waals surface area (Å²) in [5.74, 6) is 0. The Bertz CT molecular complexity index is 127. The minimum Gasteiger partial charge on any atom is -0.330 e. The first-order valence-electron chi connectivity index (χ1n) is 4.29. The molecule has 0 bridgehead atoms. The summed E-state index contributed by atoms with van der Waals surface area (Å²) in [6.07, 6.45) is 4.34. The predicted molar refractivity (Wildman–Crippen MR) is 58.8 cm³/mol. The van der Waals surface area contributed by atoms with Crippen LogP contribution < -0.4 is 5.73 Å². The second-order valence-electron chi connectivity index (χ2n) is 2.35. The van der Waals surface area contributed by atoms with E-state index in [9.17, 15) is 0 Å². The molecule has 0 amide bonds. The molecule has 0 rings (SSSR count). The zero-order valence-corrected chi connectivity index (χ0v) is 7.89. The van der Waals surface area contributed by atoms with Gasteiger partial charge in [0.05, 0.1) is 0 Å². The van der Waals surface area contributed by atoms with E-state index < -0.39 is 0 Å². The number of hydrogen-bond donors (Lipinski definition) is 1. The molecular weight excluding hydrogens is 161 g/mol. The lowest BCUT2D eigenvalue weighted by molar-refractivity contribution is 0.652. The molecule has 4 nitrogen and oxygen atoms in total. The van der Waals surface area contributed by atoms with Gasteiger partial charge >= 0.3 is 0 Å². The molecule has 0 fully saturated rings. The standard InChI is InChI=1S/C6H14N4.B3/c7-5-3-1-2-4-6-9-10-8;1-3-2/h1-7H2;. The van der Waals surface area contributed by atoms with E-state index in [0.29, 0.717) is 6.54 Å². The Kier molecular flexibility index (Phi) is 20.2. The topological polar surface area (TPSA) is 74.8 Å². The average Bonchev–Trinajstić information content (AvgIpc) is 2.13. The van der Waals surface area contributed by atoms with E-state index in [0.717, 1.165) is 39.3 Å². The zero-order valence-electron chi connectivity index (χ0n) is 7.89. The van der Waals surface area contributed by atoms with Crippen LogP contribution in [-0.2, 0) is 0 Å². The van der Waals surface area contributed by atoms with Crippen LogP contribution in [0.2, 0.25) is 0 Å². The molecule has 0 saturated carbocycles. The Morgan fingerprint density at radius 1 is 1.23 bits per heavy atom. The molecule has 5 radical (unpaired) electrons. The third-order valence-corrected chi connectivity index (χ3v) is 1.28. The van der Waals surface area contributed by atoms with Gasteiger partial charge in [-0.2, -0.15) is 0 Å². The number of hydrogen-bond acceptors (Lipinski definition) is 2. The zero-order chi connectivity index (χ0) is 10.4. The highest BCUT2D eigenvalue weighted by molar-refractivity contribution is 7.17. The first-order chi connectivity index (χ1) is 6.33. The minimum absolute atomic E-state index is 0.626. The van der Waals surface area contributed by atoms with Crippen molar-refractivity contribution >= 4 is 22.5 Å². The van der Waals surface area contributed by atoms with Crippen LogP contribution in [0, 0.1) is 0 Å². The third kappa shape index (κ3) is 24.6. The van der Waals surface area contributed by atoms with Gasteiger partial charge in [0.25, 0.3) is 0 Å². The van der Waals surface area contributed by atoms with Crippen molar-refractivity contribution in [3.8, 4) is 0 Å². The Labute approximate surface area is 83.3 Å². The Balaban J connectivity index is 0. The third-order valence-electron chi connectivity index (χ3n) is 1.28. The molecular formula is C6H14B3N4. The summed E-state index contributed by atoms with van der Waals surface area (Å²) in [6.45, 7) is 1.39. The number of nitrogens with two attached hydrogens (primary N) is 1. The maximum atomic E-state index is 7.91. The van der Waals surface area contributed by atoms with Crippen molar-refractivity contribution in [2.75, 3.05) is 13.1 Å². The molecule has 0 aliphatic rings. The molecule has 0 aliphatic carbocycles. The maximum absolute atomic E-state index is 7.91. The van der Waals surface area contributed by atoms with Crippen molar-refractivity contribution in [1.82, 2.24) is 0 Å². The van der Waals surface area contributed by atoms with Gasteiger partial charge in [-0.3, -0.25) is 0 Å². The second-order valence-corrected chi connectivity index (χ2v) is 2.35. The van der Waals surface area contributed by atoms with Crippen molar-refractivity contribution in [1.29, 1.82) is 0 Å². The summed E-state index contributed by atoms with van der Waals surface area (Å²) in [5, 5.41) is 3.42. The molecule has 0 aromatic carbocycles. The lowest BCUT2D eigenvalue weighted by Crippen LogP contribution is -1.97. The molecule has 2 N–H and O–H groups in total. The Morgan fingerprint density at radius 3 is 2.23 bits per heavy atom. The van der Waals surface area contributed by atoms with E-state index in [-0.39, 0.29) is 0 Å². The maximum Gasteiger partial charge on any atom is 0.0257 e. The molecule has 13 heavy (non-hydrogen) atoms. The second kappa shape index (κ2) is 17.5. The highest BCUT2D eigenvalue weighted by Gasteiger charge is 1.85. The van der Waals surface area contributed by atoms with Gasteiger partial charge in [0.1, 0.15) is 0 Å². The van der Waals surface area contributed by atoms with Crippen LogP contribution in [0.1, 0.15) is 25.7 Å². The van der Waals surface area contributed by atoms with Crippen LogP contribution >= 0.6 is 0 Å². The quantitative estimate of drug-likeness (QED) is 0.208. The molecule has 67 valence electrons. The number of rotatable bonds is 6. The molecule has 0 spiro atoms. The predicted octanol–water partition coefficient (Wildman–Crippen LogP) is 0.673. The fourth-order valence-electron chi connectivity index (χ4n) is 0.725. The number of unbranched alkanes of at least 4 members (excludes halogenated alkanes) is 3. The highest BCUT2D eigenvalue weighted by atomic mass is 15.1. The normalized spacial score (nSPS) is 7.77. The van der Waals surface area contributed by atoms with E-state index >= 15 is 0 Å². The van der Waals surface area contributed by atoms with Crippen LogP contribution in [0.25, 0.3) is 10.4 Å². The van der Waals surface area contributed by atoms with Crippen LogP contribution in [0.4, 0.5) is 0 Å². The lowest BCUT2D eigenvalue weighted by atomic mass is 9.40. The molecule has 0 unspecified atom stereocenters. The van der Waals surface area contributed by atoms with E-state index in [1.807, 2.05) is 0 Å². The van der Waals surface area contributed by atoms with Gasteiger partial charge in [-0.05, 0) is 24.9 Å². The summed E-state index contributed by atoms with van der Waals surface area (Å²) in [4.78, 5) is 2.65. The van der Waals surface area contributed by atoms with E-state index in [1.54, 1.807) is 0 Å². The first-order valence-corrected chi connectivity index (χ1v) is 4.29. The number of azide groups is 1. The van der Waals surface area contributed by atoms with Gasteiger partial charge in [0.2, 0.25) is 0 Å². The van der Waals surface area contributed by atoms with Crippen molar-refractivity contribution in [3.05, 3.63) is 10.4 Å². The molecule has 0 atom stereocenters. The van der Waals surface area contributed by atoms with Gasteiger partial charge in [-0.1, -0.05) is 18.0 Å². The smallest absolute Gasteiger partial charge is 0.0257 e. The van der Waals surface area contributed by atoms with Gasteiger partial charge in [0, 0.05) is 34.0 Å². The lowest BCUT2D eigenvalue weighted by Gasteiger charge is -1.94. The average molecular weight is 175 g/mol. The fraction of sp³-hybridized carbons (Fsp3) is 1.00. The van der Waals surface area contributed by atoms with Crippen molar-refractivity contribution in [2.24, 2.45) is 10.8 Å². The van der Waals surface area contributed by atoms with E-state index in [4.69, 9.17) is 11.3 Å². The fourth-order valence-corrected chi connectivity index (χ4v) is 0.725. The molecule has 0 aromatic rings. The molecule has 0 heterocycles. The number of nitrogens with zero attached hydrogens (tertiary/aromatic N) is 3. The van der Waals surface area contributed by atoms with Crippen LogP contribution in [0.5, 0.6) is 0 Å². The van der Waals surface area contributed by atoms with Gasteiger partial charge in [-0.15, -0.1) is 0 Å². The SMILES string of the molecule is [B][B][B].[N-]=[N+]=NCCCCCCN. The van der Waals surface area contributed by atoms with Crippen LogP contribution in [0.15, 0.2) is 5.11 Å². The van der Waals surface area contributed by atoms with Gasteiger partial charge in [0.15, 0.2) is 0 Å². The van der Waals surface area contributed by atoms with Gasteiger partial charge < -0.3 is 5.73 Å². The summed E-state index contributed by atoms with van der Waals surface area (Å²) >= 11 is 0. The molecule has 0 saturated heterocycles. The largest absolute Gasteiger partial charge is 0.330 e. The molecule has 0 aliphatic heterocycles. The highest BCUT2D eigenvalue weighted by Crippen LogP contribution is 1.98. The summed E-state index contributed by atoms with van der Waals surface area (Å²) in [5.41, 5.74) is 13.2. The van der Waals surface area contributed by atoms with Crippen LogP contribution in [-0.4, -0.2) is 35.6 Å². The Morgan fingerprint density at radius 2 is 1.77 bits per heavy atom. The van der Waals surface area contributed by atoms with Crippen molar-refractivity contribution in [2.45, 2.75) is 25.7 Å². The monoisotopic (exact) mass is 175 g/mol. The summed E-state index contributed by atoms with van der Waals surface area (Å²) in [6, 6.07) is 0. The van der Waals surface area contributed by atoms with E-state index in [2.05, 4.69) is 25.5 Å². The van der Waals surface area contributed by atoms with Crippen molar-refractivity contribution in [3.63, 3.8) is 0 Å². The minimum atomic E-state index is 0.626.